The van der Waals surface area contributed by atoms with Crippen molar-refractivity contribution in [3.63, 3.8) is 0 Å². The number of rotatable bonds is 12. The van der Waals surface area contributed by atoms with Crippen LogP contribution in [0.3, 0.4) is 0 Å². The van der Waals surface area contributed by atoms with E-state index in [0.29, 0.717) is 0 Å². The average Bonchev–Trinajstić information content (AvgIpc) is 2.57. The topological polar surface area (TPSA) is 9.23 Å². The van der Waals surface area contributed by atoms with Gasteiger partial charge in [-0.2, -0.15) is 61.5 Å². The molecule has 0 aromatic rings. The highest BCUT2D eigenvalue weighted by Crippen LogP contribution is 2.44. The Balaban J connectivity index is 4.87. The van der Waals surface area contributed by atoms with Crippen LogP contribution in [-0.2, 0) is 4.74 Å². The summed E-state index contributed by atoms with van der Waals surface area (Å²) in [6.45, 7) is -2.29. The predicted octanol–water partition coefficient (Wildman–Crippen LogP) is 7.24. The summed E-state index contributed by atoms with van der Waals surface area (Å²) in [7, 11) is 0. The Hall–Kier alpha value is -1.68. The van der Waals surface area contributed by atoms with Crippen LogP contribution < -0.4 is 0 Å². The second kappa shape index (κ2) is 10.7. The average molecular weight is 526 g/mol. The van der Waals surface area contributed by atoms with Gasteiger partial charge in [-0.1, -0.05) is 12.2 Å². The molecule has 0 bridgehead atoms. The Morgan fingerprint density at radius 1 is 0.515 bits per heavy atom. The summed E-state index contributed by atoms with van der Waals surface area (Å²) in [5.41, 5.74) is 0. The summed E-state index contributed by atoms with van der Waals surface area (Å²) in [4.78, 5) is 0. The normalized spacial score (nSPS) is 17.2. The molecule has 0 amide bonds. The number of halogens is 16. The van der Waals surface area contributed by atoms with Gasteiger partial charge in [0.2, 0.25) is 0 Å². The van der Waals surface area contributed by atoms with Crippen LogP contribution in [0.4, 0.5) is 70.2 Å². The van der Waals surface area contributed by atoms with Crippen LogP contribution in [0.5, 0.6) is 0 Å². The van der Waals surface area contributed by atoms with Gasteiger partial charge in [-0.3, -0.25) is 0 Å². The van der Waals surface area contributed by atoms with Crippen LogP contribution in [0, 0.1) is 0 Å². The van der Waals surface area contributed by atoms with Crippen molar-refractivity contribution in [3.05, 3.63) is 24.3 Å². The van der Waals surface area contributed by atoms with Crippen molar-refractivity contribution in [3.8, 4) is 0 Å². The minimum atomic E-state index is -5.80. The molecule has 0 fully saturated rings. The third-order valence-electron chi connectivity index (χ3n) is 3.58. The maximum atomic E-state index is 13.3. The van der Waals surface area contributed by atoms with E-state index in [9.17, 15) is 70.2 Å². The van der Waals surface area contributed by atoms with Crippen LogP contribution in [-0.4, -0.2) is 61.6 Å². The highest BCUT2D eigenvalue weighted by Gasteiger charge is 2.63. The lowest BCUT2D eigenvalue weighted by molar-refractivity contribution is -0.239. The summed E-state index contributed by atoms with van der Waals surface area (Å²) in [5, 5.41) is 0. The molecule has 33 heavy (non-hydrogen) atoms. The number of alkyl halides is 16. The van der Waals surface area contributed by atoms with Crippen molar-refractivity contribution in [1.82, 2.24) is 0 Å². The molecule has 0 spiro atoms. The van der Waals surface area contributed by atoms with E-state index in [2.05, 4.69) is 4.74 Å². The molecular weight excluding hydrogens is 512 g/mol. The Bertz CT molecular complexity index is 604. The molecular formula is C16H14F16O. The number of hydrogen-bond acceptors (Lipinski definition) is 1. The molecule has 0 heterocycles. The first kappa shape index (κ1) is 31.3. The van der Waals surface area contributed by atoms with E-state index < -0.39 is 86.6 Å². The van der Waals surface area contributed by atoms with Crippen molar-refractivity contribution >= 4 is 0 Å². The van der Waals surface area contributed by atoms with E-state index in [-0.39, 0.29) is 12.2 Å². The van der Waals surface area contributed by atoms with Crippen LogP contribution in [0.25, 0.3) is 0 Å². The van der Waals surface area contributed by atoms with Gasteiger partial charge in [-0.15, -0.1) is 0 Å². The molecule has 196 valence electrons. The lowest BCUT2D eigenvalue weighted by Crippen LogP contribution is -2.48. The van der Waals surface area contributed by atoms with Crippen molar-refractivity contribution < 1.29 is 75.0 Å². The summed E-state index contributed by atoms with van der Waals surface area (Å²) in [6, 6.07) is 0. The summed E-state index contributed by atoms with van der Waals surface area (Å²) in [5.74, 6) is -22.5. The quantitative estimate of drug-likeness (QED) is 0.148. The molecule has 0 aromatic heterocycles. The number of ether oxygens (including phenoxy) is 1. The summed E-state index contributed by atoms with van der Waals surface area (Å²) in [6.07, 6.45) is -26.9. The first-order chi connectivity index (χ1) is 14.5. The van der Waals surface area contributed by atoms with Gasteiger partial charge in [0.15, 0.2) is 12.3 Å². The molecule has 0 radical (unpaired) electrons. The summed E-state index contributed by atoms with van der Waals surface area (Å²) >= 11 is 0. The van der Waals surface area contributed by atoms with Crippen molar-refractivity contribution in [1.29, 1.82) is 0 Å². The third kappa shape index (κ3) is 9.60. The minimum absolute atomic E-state index is 0.0235. The SMILES string of the molecule is FC(CC(F)(F)F)C(F)(F)C(F)(F)C=CCOCC=CC(F)(F)C(F)(F)C(F)CC(F)(F)F. The van der Waals surface area contributed by atoms with Crippen LogP contribution in [0.15, 0.2) is 24.3 Å². The molecule has 17 heteroatoms. The third-order valence-corrected chi connectivity index (χ3v) is 3.58. The van der Waals surface area contributed by atoms with Gasteiger partial charge in [-0.25, -0.2) is 8.78 Å². The number of hydrogen-bond donors (Lipinski definition) is 0. The maximum absolute atomic E-state index is 13.3. The fourth-order valence-corrected chi connectivity index (χ4v) is 1.90. The van der Waals surface area contributed by atoms with E-state index in [1.54, 1.807) is 0 Å². The highest BCUT2D eigenvalue weighted by atomic mass is 19.4. The fourth-order valence-electron chi connectivity index (χ4n) is 1.90. The molecule has 0 aliphatic rings. The molecule has 0 saturated heterocycles. The number of allylic oxidation sites excluding steroid dienone is 2. The lowest BCUT2D eigenvalue weighted by atomic mass is 10.0. The van der Waals surface area contributed by atoms with Gasteiger partial charge in [0.1, 0.15) is 0 Å². The van der Waals surface area contributed by atoms with Gasteiger partial charge in [0, 0.05) is 0 Å². The van der Waals surface area contributed by atoms with Crippen LogP contribution in [0.2, 0.25) is 0 Å². The fraction of sp³-hybridized carbons (Fsp3) is 0.750. The van der Waals surface area contributed by atoms with E-state index in [1.165, 1.54) is 0 Å². The smallest absolute Gasteiger partial charge is 0.373 e. The summed E-state index contributed by atoms with van der Waals surface area (Å²) < 4.78 is 207. The molecule has 2 atom stereocenters. The van der Waals surface area contributed by atoms with E-state index in [1.807, 2.05) is 0 Å². The second-order valence-corrected chi connectivity index (χ2v) is 6.41. The zero-order valence-electron chi connectivity index (χ0n) is 15.7. The monoisotopic (exact) mass is 526 g/mol. The predicted molar refractivity (Wildman–Crippen MR) is 80.0 cm³/mol. The van der Waals surface area contributed by atoms with E-state index in [0.717, 1.165) is 0 Å². The molecule has 0 aliphatic heterocycles. The molecule has 0 N–H and O–H groups in total. The molecule has 0 aromatic carbocycles. The first-order valence-electron chi connectivity index (χ1n) is 8.32. The standard InChI is InChI=1S/C16H14F16O/c17-9(7-13(23,24)25)15(29,30)11(19,20)3-1-5-33-6-2-4-12(21,22)16(31,32)10(18)8-14(26,27)28/h1-4,9-10H,5-8H2. The Morgan fingerprint density at radius 3 is 1.03 bits per heavy atom. The van der Waals surface area contributed by atoms with Crippen molar-refractivity contribution in [2.75, 3.05) is 13.2 Å². The van der Waals surface area contributed by atoms with Gasteiger partial charge in [0.05, 0.1) is 26.1 Å². The first-order valence-corrected chi connectivity index (χ1v) is 8.32. The van der Waals surface area contributed by atoms with Crippen molar-refractivity contribution in [2.45, 2.75) is 61.2 Å². The molecule has 0 rings (SSSR count). The zero-order chi connectivity index (χ0) is 26.5. The van der Waals surface area contributed by atoms with Crippen molar-refractivity contribution in [2.24, 2.45) is 0 Å². The molecule has 0 saturated carbocycles. The Labute approximate surface area is 175 Å². The lowest BCUT2D eigenvalue weighted by Gasteiger charge is -2.27. The molecule has 1 nitrogen and oxygen atoms in total. The van der Waals surface area contributed by atoms with Crippen LogP contribution in [0.1, 0.15) is 12.8 Å². The Kier molecular flexibility index (Phi) is 10.2. The van der Waals surface area contributed by atoms with Gasteiger partial charge in [0.25, 0.3) is 0 Å². The van der Waals surface area contributed by atoms with Gasteiger partial charge in [-0.05, 0) is 12.2 Å². The molecule has 2 unspecified atom stereocenters. The zero-order valence-corrected chi connectivity index (χ0v) is 15.7. The maximum Gasteiger partial charge on any atom is 0.392 e. The highest BCUT2D eigenvalue weighted by molar-refractivity contribution is 5.07. The Morgan fingerprint density at radius 2 is 0.788 bits per heavy atom. The van der Waals surface area contributed by atoms with E-state index in [4.69, 9.17) is 0 Å². The van der Waals surface area contributed by atoms with Crippen LogP contribution >= 0.6 is 0 Å². The largest absolute Gasteiger partial charge is 0.392 e. The minimum Gasteiger partial charge on any atom is -0.373 e. The van der Waals surface area contributed by atoms with E-state index >= 15 is 0 Å². The molecule has 0 aliphatic carbocycles. The second-order valence-electron chi connectivity index (χ2n) is 6.41. The van der Waals surface area contributed by atoms with Gasteiger partial charge >= 0.3 is 36.0 Å². The van der Waals surface area contributed by atoms with Gasteiger partial charge < -0.3 is 4.74 Å².